The lowest BCUT2D eigenvalue weighted by atomic mass is 10.1. The Bertz CT molecular complexity index is 1400. The Balaban J connectivity index is 1.51. The highest BCUT2D eigenvalue weighted by Gasteiger charge is 2.21. The van der Waals surface area contributed by atoms with E-state index in [1.165, 1.54) is 0 Å². The highest BCUT2D eigenvalue weighted by molar-refractivity contribution is 7.90. The molecule has 4 aromatic rings. The second-order valence-corrected chi connectivity index (χ2v) is 9.93. The summed E-state index contributed by atoms with van der Waals surface area (Å²) in [6.07, 6.45) is 0. The van der Waals surface area contributed by atoms with E-state index in [1.54, 1.807) is 55.5 Å². The zero-order valence-corrected chi connectivity index (χ0v) is 19.4. The van der Waals surface area contributed by atoms with Crippen molar-refractivity contribution in [1.82, 2.24) is 4.98 Å². The van der Waals surface area contributed by atoms with Crippen LogP contribution in [0.1, 0.15) is 32.9 Å². The van der Waals surface area contributed by atoms with Gasteiger partial charge in [-0.15, -0.1) is 0 Å². The molecule has 0 aliphatic carbocycles. The normalized spacial score (nSPS) is 11.4. The van der Waals surface area contributed by atoms with Crippen LogP contribution in [0.25, 0.3) is 11.5 Å². The number of rotatable bonds is 6. The van der Waals surface area contributed by atoms with Crippen molar-refractivity contribution in [1.29, 1.82) is 0 Å². The fraction of sp³-hybridized carbons (Fsp3) is 0.154. The van der Waals surface area contributed by atoms with E-state index in [1.807, 2.05) is 38.1 Å². The number of carbonyl (C=O) groups excluding carboxylic acids is 1. The lowest BCUT2D eigenvalue weighted by Crippen LogP contribution is -2.12. The van der Waals surface area contributed by atoms with Gasteiger partial charge in [0.2, 0.25) is 5.89 Å². The van der Waals surface area contributed by atoms with E-state index < -0.39 is 9.84 Å². The average Bonchev–Trinajstić information content (AvgIpc) is 3.15. The molecule has 0 spiro atoms. The molecule has 0 saturated heterocycles. The van der Waals surface area contributed by atoms with Crippen LogP contribution in [0.15, 0.2) is 82.1 Å². The first kappa shape index (κ1) is 22.5. The standard InChI is InChI=1S/C26H24N2O4S/c1-17-8-14-22(15-9-17)33(30,31)16-24-19(3)32-26(28-24)21-12-10-20(11-13-21)25(29)27-23-7-5-4-6-18(23)2/h4-15H,16H2,1-3H3,(H,27,29). The quantitative estimate of drug-likeness (QED) is 0.411. The minimum Gasteiger partial charge on any atom is -0.441 e. The number of oxazole rings is 1. The summed E-state index contributed by atoms with van der Waals surface area (Å²) in [5.74, 6) is 0.293. The van der Waals surface area contributed by atoms with Crippen molar-refractivity contribution in [3.63, 3.8) is 0 Å². The summed E-state index contributed by atoms with van der Waals surface area (Å²) in [4.78, 5) is 17.2. The summed E-state index contributed by atoms with van der Waals surface area (Å²) < 4.78 is 31.3. The second-order valence-electron chi connectivity index (χ2n) is 7.94. The van der Waals surface area contributed by atoms with E-state index in [0.29, 0.717) is 28.5 Å². The third kappa shape index (κ3) is 5.04. The fourth-order valence-electron chi connectivity index (χ4n) is 3.37. The van der Waals surface area contributed by atoms with Crippen molar-refractivity contribution >= 4 is 21.4 Å². The number of hydrogen-bond donors (Lipinski definition) is 1. The van der Waals surface area contributed by atoms with Gasteiger partial charge in [-0.25, -0.2) is 13.4 Å². The van der Waals surface area contributed by atoms with Gasteiger partial charge in [0.05, 0.1) is 10.6 Å². The number of aromatic nitrogens is 1. The van der Waals surface area contributed by atoms with E-state index in [2.05, 4.69) is 10.3 Å². The molecule has 4 rings (SSSR count). The van der Waals surface area contributed by atoms with Crippen LogP contribution < -0.4 is 5.32 Å². The van der Waals surface area contributed by atoms with E-state index in [-0.39, 0.29) is 16.6 Å². The Kier molecular flexibility index (Phi) is 6.16. The molecule has 0 fully saturated rings. The molecule has 1 aromatic heterocycles. The first-order chi connectivity index (χ1) is 15.7. The first-order valence-electron chi connectivity index (χ1n) is 10.5. The molecule has 6 nitrogen and oxygen atoms in total. The molecule has 0 saturated carbocycles. The number of amides is 1. The smallest absolute Gasteiger partial charge is 0.255 e. The molecule has 0 atom stereocenters. The Hall–Kier alpha value is -3.71. The van der Waals surface area contributed by atoms with Crippen LogP contribution in [0.4, 0.5) is 5.69 Å². The molecule has 1 N–H and O–H groups in total. The largest absolute Gasteiger partial charge is 0.441 e. The summed E-state index contributed by atoms with van der Waals surface area (Å²) >= 11 is 0. The van der Waals surface area contributed by atoms with Crippen LogP contribution in [0.3, 0.4) is 0 Å². The van der Waals surface area contributed by atoms with Gasteiger partial charge in [0.25, 0.3) is 5.91 Å². The molecule has 0 radical (unpaired) electrons. The molecule has 7 heteroatoms. The van der Waals surface area contributed by atoms with Gasteiger partial charge in [0.1, 0.15) is 11.5 Å². The van der Waals surface area contributed by atoms with Crippen LogP contribution in [-0.2, 0) is 15.6 Å². The van der Waals surface area contributed by atoms with Crippen LogP contribution >= 0.6 is 0 Å². The number of para-hydroxylation sites is 1. The molecular weight excluding hydrogens is 436 g/mol. The third-order valence-electron chi connectivity index (χ3n) is 5.39. The van der Waals surface area contributed by atoms with Gasteiger partial charge in [0, 0.05) is 16.8 Å². The lowest BCUT2D eigenvalue weighted by molar-refractivity contribution is 0.102. The summed E-state index contributed by atoms with van der Waals surface area (Å²) in [6, 6.07) is 21.1. The molecule has 0 aliphatic heterocycles. The summed E-state index contributed by atoms with van der Waals surface area (Å²) in [6.45, 7) is 5.53. The number of aryl methyl sites for hydroxylation is 3. The van der Waals surface area contributed by atoms with Gasteiger partial charge in [-0.05, 0) is 68.8 Å². The number of sulfone groups is 1. The predicted molar refractivity (Wildman–Crippen MR) is 128 cm³/mol. The average molecular weight is 461 g/mol. The third-order valence-corrected chi connectivity index (χ3v) is 7.03. The van der Waals surface area contributed by atoms with E-state index in [0.717, 1.165) is 16.8 Å². The van der Waals surface area contributed by atoms with Gasteiger partial charge in [-0.2, -0.15) is 0 Å². The Morgan fingerprint density at radius 3 is 2.24 bits per heavy atom. The molecule has 1 amide bonds. The topological polar surface area (TPSA) is 89.3 Å². The molecule has 3 aromatic carbocycles. The lowest BCUT2D eigenvalue weighted by Gasteiger charge is -2.08. The molecular formula is C26H24N2O4S. The van der Waals surface area contributed by atoms with Crippen LogP contribution in [0, 0.1) is 20.8 Å². The molecule has 0 unspecified atom stereocenters. The van der Waals surface area contributed by atoms with Crippen LogP contribution in [-0.4, -0.2) is 19.3 Å². The molecule has 33 heavy (non-hydrogen) atoms. The van der Waals surface area contributed by atoms with Crippen molar-refractivity contribution in [3.8, 4) is 11.5 Å². The Labute approximate surface area is 193 Å². The monoisotopic (exact) mass is 460 g/mol. The maximum Gasteiger partial charge on any atom is 0.255 e. The Morgan fingerprint density at radius 1 is 0.909 bits per heavy atom. The van der Waals surface area contributed by atoms with E-state index >= 15 is 0 Å². The maximum absolute atomic E-state index is 12.8. The zero-order valence-electron chi connectivity index (χ0n) is 18.6. The number of nitrogens with one attached hydrogen (secondary N) is 1. The highest BCUT2D eigenvalue weighted by Crippen LogP contribution is 2.25. The Morgan fingerprint density at radius 2 is 1.58 bits per heavy atom. The zero-order chi connectivity index (χ0) is 23.6. The van der Waals surface area contributed by atoms with Gasteiger partial charge in [-0.1, -0.05) is 35.9 Å². The predicted octanol–water partition coefficient (Wildman–Crippen LogP) is 5.49. The number of anilines is 1. The number of nitrogens with zero attached hydrogens (tertiary/aromatic N) is 1. The van der Waals surface area contributed by atoms with Crippen molar-refractivity contribution in [2.24, 2.45) is 0 Å². The van der Waals surface area contributed by atoms with Gasteiger partial charge in [0.15, 0.2) is 9.84 Å². The SMILES string of the molecule is Cc1ccc(S(=O)(=O)Cc2nc(-c3ccc(C(=O)Nc4ccccc4C)cc3)oc2C)cc1. The van der Waals surface area contributed by atoms with Crippen molar-refractivity contribution in [2.45, 2.75) is 31.4 Å². The van der Waals surface area contributed by atoms with Crippen LogP contribution in [0.2, 0.25) is 0 Å². The first-order valence-corrected chi connectivity index (χ1v) is 12.1. The van der Waals surface area contributed by atoms with Crippen LogP contribution in [0.5, 0.6) is 0 Å². The number of carbonyl (C=O) groups is 1. The number of hydrogen-bond acceptors (Lipinski definition) is 5. The maximum atomic E-state index is 12.8. The summed E-state index contributed by atoms with van der Waals surface area (Å²) in [5, 5.41) is 2.90. The minimum atomic E-state index is -3.55. The fourth-order valence-corrected chi connectivity index (χ4v) is 4.71. The van der Waals surface area contributed by atoms with Crippen molar-refractivity contribution in [2.75, 3.05) is 5.32 Å². The molecule has 1 heterocycles. The van der Waals surface area contributed by atoms with E-state index in [9.17, 15) is 13.2 Å². The van der Waals surface area contributed by atoms with Gasteiger partial charge < -0.3 is 9.73 Å². The summed E-state index contributed by atoms with van der Waals surface area (Å²) in [5.41, 5.74) is 4.24. The highest BCUT2D eigenvalue weighted by atomic mass is 32.2. The summed E-state index contributed by atoms with van der Waals surface area (Å²) in [7, 11) is -3.55. The van der Waals surface area contributed by atoms with Crippen molar-refractivity contribution < 1.29 is 17.6 Å². The van der Waals surface area contributed by atoms with E-state index in [4.69, 9.17) is 4.42 Å². The molecule has 0 bridgehead atoms. The molecule has 168 valence electrons. The minimum absolute atomic E-state index is 0.218. The van der Waals surface area contributed by atoms with Gasteiger partial charge >= 0.3 is 0 Å². The number of benzene rings is 3. The second kappa shape index (κ2) is 9.03. The molecule has 0 aliphatic rings. The van der Waals surface area contributed by atoms with Gasteiger partial charge in [-0.3, -0.25) is 4.79 Å². The van der Waals surface area contributed by atoms with Crippen molar-refractivity contribution in [3.05, 3.63) is 101 Å².